The molecule has 7 nitrogen and oxygen atoms in total. The molecule has 0 aliphatic rings. The number of halogens is 1. The molecule has 0 bridgehead atoms. The number of primary amides is 1. The van der Waals surface area contributed by atoms with Crippen molar-refractivity contribution in [2.75, 3.05) is 5.32 Å². The lowest BCUT2D eigenvalue weighted by molar-refractivity contribution is -0.114. The third-order valence-corrected chi connectivity index (χ3v) is 3.75. The summed E-state index contributed by atoms with van der Waals surface area (Å²) in [5, 5.41) is 7.34. The minimum absolute atomic E-state index is 0.103. The molecule has 3 N–H and O–H groups in total. The first-order chi connectivity index (χ1) is 12.0. The molecule has 3 rings (SSSR count). The molecule has 1 aromatic carbocycles. The average Bonchev–Trinajstić information content (AvgIpc) is 3.00. The summed E-state index contributed by atoms with van der Waals surface area (Å²) >= 11 is 6.23. The molecule has 0 atom stereocenters. The van der Waals surface area contributed by atoms with E-state index in [0.29, 0.717) is 27.7 Å². The lowest BCUT2D eigenvalue weighted by Crippen LogP contribution is -2.13. The van der Waals surface area contributed by atoms with E-state index >= 15 is 0 Å². The Kier molecular flexibility index (Phi) is 4.49. The van der Waals surface area contributed by atoms with Crippen molar-refractivity contribution in [2.45, 2.75) is 6.92 Å². The van der Waals surface area contributed by atoms with Gasteiger partial charge in [0.2, 0.25) is 5.91 Å². The van der Waals surface area contributed by atoms with Gasteiger partial charge in [-0.05, 0) is 12.1 Å². The number of nitrogens with zero attached hydrogens (tertiary/aromatic N) is 3. The van der Waals surface area contributed by atoms with E-state index in [9.17, 15) is 9.59 Å². The summed E-state index contributed by atoms with van der Waals surface area (Å²) in [6.45, 7) is 1.39. The van der Waals surface area contributed by atoms with Crippen molar-refractivity contribution in [3.05, 3.63) is 59.5 Å². The Hall–Kier alpha value is -3.19. The summed E-state index contributed by atoms with van der Waals surface area (Å²) in [7, 11) is 0. The zero-order valence-electron chi connectivity index (χ0n) is 13.2. The third-order valence-electron chi connectivity index (χ3n) is 3.42. The molecule has 0 radical (unpaired) electrons. The smallest absolute Gasteiger partial charge is 0.269 e. The number of nitrogens with one attached hydrogen (secondary N) is 1. The molecule has 3 aromatic rings. The molecule has 0 aliphatic heterocycles. The molecule has 0 saturated carbocycles. The number of carbonyl (C=O) groups is 2. The standard InChI is InChI=1S/C17H14ClN5O2/c1-10(24)21-15-8-11(6-7-20-15)23-9-13(16(22-23)17(19)25)12-4-2-3-5-14(12)18/h2-9H,1H3,(H2,19,25)(H,20,21,24). The topological polar surface area (TPSA) is 103 Å². The van der Waals surface area contributed by atoms with Crippen molar-refractivity contribution in [1.29, 1.82) is 0 Å². The predicted octanol–water partition coefficient (Wildman–Crippen LogP) is 2.65. The summed E-state index contributed by atoms with van der Waals surface area (Å²) in [6.07, 6.45) is 3.19. The molecule has 2 aromatic heterocycles. The second-order valence-electron chi connectivity index (χ2n) is 5.26. The minimum atomic E-state index is -0.662. The van der Waals surface area contributed by atoms with Crippen LogP contribution in [-0.4, -0.2) is 26.6 Å². The van der Waals surface area contributed by atoms with Crippen LogP contribution in [0, 0.1) is 0 Å². The van der Waals surface area contributed by atoms with Gasteiger partial charge in [-0.2, -0.15) is 5.10 Å². The summed E-state index contributed by atoms with van der Waals surface area (Å²) < 4.78 is 1.49. The normalized spacial score (nSPS) is 10.5. The van der Waals surface area contributed by atoms with Crippen LogP contribution in [-0.2, 0) is 4.79 Å². The Morgan fingerprint density at radius 3 is 2.64 bits per heavy atom. The Bertz CT molecular complexity index is 967. The summed E-state index contributed by atoms with van der Waals surface area (Å²) in [6, 6.07) is 10.4. The number of rotatable bonds is 4. The number of pyridine rings is 1. The SMILES string of the molecule is CC(=O)Nc1cc(-n2cc(-c3ccccc3Cl)c(C(N)=O)n2)ccn1. The average molecular weight is 356 g/mol. The molecule has 0 spiro atoms. The lowest BCUT2D eigenvalue weighted by atomic mass is 10.1. The Labute approximate surface area is 148 Å². The van der Waals surface area contributed by atoms with Gasteiger partial charge in [0.1, 0.15) is 5.82 Å². The van der Waals surface area contributed by atoms with Crippen LogP contribution in [0.1, 0.15) is 17.4 Å². The van der Waals surface area contributed by atoms with Crippen molar-refractivity contribution < 1.29 is 9.59 Å². The number of benzene rings is 1. The molecule has 0 saturated heterocycles. The quantitative estimate of drug-likeness (QED) is 0.750. The molecular formula is C17H14ClN5O2. The van der Waals surface area contributed by atoms with Gasteiger partial charge in [0.05, 0.1) is 5.69 Å². The molecule has 2 amide bonds. The van der Waals surface area contributed by atoms with Crippen LogP contribution in [0.2, 0.25) is 5.02 Å². The van der Waals surface area contributed by atoms with E-state index in [1.54, 1.807) is 36.5 Å². The van der Waals surface area contributed by atoms with Crippen LogP contribution in [0.25, 0.3) is 16.8 Å². The molecule has 8 heteroatoms. The first-order valence-corrected chi connectivity index (χ1v) is 7.72. The van der Waals surface area contributed by atoms with Gasteiger partial charge < -0.3 is 11.1 Å². The summed E-state index contributed by atoms with van der Waals surface area (Å²) in [4.78, 5) is 27.0. The van der Waals surface area contributed by atoms with Gasteiger partial charge in [-0.1, -0.05) is 29.8 Å². The number of aromatic nitrogens is 3. The third kappa shape index (κ3) is 3.51. The van der Waals surface area contributed by atoms with Crippen LogP contribution in [0.5, 0.6) is 0 Å². The fourth-order valence-electron chi connectivity index (χ4n) is 2.38. The summed E-state index contributed by atoms with van der Waals surface area (Å²) in [5.41, 5.74) is 7.35. The largest absolute Gasteiger partial charge is 0.364 e. The maximum absolute atomic E-state index is 11.8. The molecule has 2 heterocycles. The van der Waals surface area contributed by atoms with Crippen LogP contribution in [0.15, 0.2) is 48.8 Å². The zero-order chi connectivity index (χ0) is 18.0. The van der Waals surface area contributed by atoms with Gasteiger partial charge in [-0.15, -0.1) is 0 Å². The number of nitrogens with two attached hydrogens (primary N) is 1. The van der Waals surface area contributed by atoms with E-state index in [1.807, 2.05) is 6.07 Å². The summed E-state index contributed by atoms with van der Waals surface area (Å²) in [5.74, 6) is -0.523. The number of carbonyl (C=O) groups excluding carboxylic acids is 2. The van der Waals surface area contributed by atoms with Crippen molar-refractivity contribution >= 4 is 29.2 Å². The predicted molar refractivity (Wildman–Crippen MR) is 94.6 cm³/mol. The van der Waals surface area contributed by atoms with E-state index in [-0.39, 0.29) is 11.6 Å². The first-order valence-electron chi connectivity index (χ1n) is 7.34. The molecule has 0 aliphatic carbocycles. The van der Waals surface area contributed by atoms with E-state index in [1.165, 1.54) is 17.8 Å². The van der Waals surface area contributed by atoms with Crippen LogP contribution in [0.3, 0.4) is 0 Å². The maximum Gasteiger partial charge on any atom is 0.269 e. The zero-order valence-corrected chi connectivity index (χ0v) is 14.0. The van der Waals surface area contributed by atoms with Gasteiger partial charge in [-0.3, -0.25) is 9.59 Å². The van der Waals surface area contributed by atoms with E-state index in [0.717, 1.165) is 0 Å². The highest BCUT2D eigenvalue weighted by atomic mass is 35.5. The van der Waals surface area contributed by atoms with Gasteiger partial charge in [0.25, 0.3) is 5.91 Å². The van der Waals surface area contributed by atoms with Crippen molar-refractivity contribution in [2.24, 2.45) is 5.73 Å². The number of amides is 2. The second kappa shape index (κ2) is 6.74. The highest BCUT2D eigenvalue weighted by Crippen LogP contribution is 2.30. The fourth-order valence-corrected chi connectivity index (χ4v) is 2.61. The molecule has 0 unspecified atom stereocenters. The molecule has 126 valence electrons. The van der Waals surface area contributed by atoms with Crippen LogP contribution >= 0.6 is 11.6 Å². The van der Waals surface area contributed by atoms with Crippen LogP contribution in [0.4, 0.5) is 5.82 Å². The minimum Gasteiger partial charge on any atom is -0.364 e. The Morgan fingerprint density at radius 2 is 1.96 bits per heavy atom. The monoisotopic (exact) mass is 355 g/mol. The van der Waals surface area contributed by atoms with Gasteiger partial charge in [0.15, 0.2) is 5.69 Å². The van der Waals surface area contributed by atoms with E-state index < -0.39 is 5.91 Å². The number of anilines is 1. The molecular weight excluding hydrogens is 342 g/mol. The lowest BCUT2D eigenvalue weighted by Gasteiger charge is -2.04. The second-order valence-corrected chi connectivity index (χ2v) is 5.67. The van der Waals surface area contributed by atoms with Gasteiger partial charge in [-0.25, -0.2) is 9.67 Å². The molecule has 0 fully saturated rings. The van der Waals surface area contributed by atoms with Crippen molar-refractivity contribution in [1.82, 2.24) is 14.8 Å². The molecule has 25 heavy (non-hydrogen) atoms. The number of hydrogen-bond acceptors (Lipinski definition) is 4. The van der Waals surface area contributed by atoms with Crippen LogP contribution < -0.4 is 11.1 Å². The maximum atomic E-state index is 11.8. The highest BCUT2D eigenvalue weighted by molar-refractivity contribution is 6.33. The fraction of sp³-hybridized carbons (Fsp3) is 0.0588. The Morgan fingerprint density at radius 1 is 1.20 bits per heavy atom. The van der Waals surface area contributed by atoms with Crippen molar-refractivity contribution in [3.8, 4) is 16.8 Å². The van der Waals surface area contributed by atoms with E-state index in [2.05, 4.69) is 15.4 Å². The highest BCUT2D eigenvalue weighted by Gasteiger charge is 2.18. The van der Waals surface area contributed by atoms with E-state index in [4.69, 9.17) is 17.3 Å². The van der Waals surface area contributed by atoms with Crippen molar-refractivity contribution in [3.63, 3.8) is 0 Å². The Balaban J connectivity index is 2.10. The number of hydrogen-bond donors (Lipinski definition) is 2. The first kappa shape index (κ1) is 16.7. The van der Waals surface area contributed by atoms with Gasteiger partial charge in [0, 0.05) is 41.5 Å². The van der Waals surface area contributed by atoms with Gasteiger partial charge >= 0.3 is 0 Å².